The first-order chi connectivity index (χ1) is 8.27. The van der Waals surface area contributed by atoms with Gasteiger partial charge < -0.3 is 5.73 Å². The van der Waals surface area contributed by atoms with Crippen LogP contribution in [-0.4, -0.2) is 11.8 Å². The van der Waals surface area contributed by atoms with Gasteiger partial charge in [-0.2, -0.15) is 0 Å². The maximum absolute atomic E-state index is 12.0. The molecule has 17 heavy (non-hydrogen) atoms. The van der Waals surface area contributed by atoms with Gasteiger partial charge in [-0.25, -0.2) is 0 Å². The van der Waals surface area contributed by atoms with E-state index in [1.165, 1.54) is 0 Å². The molecule has 2 rings (SSSR count). The Labute approximate surface area is 101 Å². The van der Waals surface area contributed by atoms with E-state index >= 15 is 0 Å². The van der Waals surface area contributed by atoms with Crippen LogP contribution in [-0.2, 0) is 6.42 Å². The van der Waals surface area contributed by atoms with Gasteiger partial charge in [0.1, 0.15) is 0 Å². The lowest BCUT2D eigenvalue weighted by Gasteiger charge is -2.10. The van der Waals surface area contributed by atoms with E-state index < -0.39 is 6.04 Å². The third-order valence-electron chi connectivity index (χ3n) is 2.69. The van der Waals surface area contributed by atoms with Gasteiger partial charge in [0.2, 0.25) is 0 Å². The van der Waals surface area contributed by atoms with E-state index in [1.54, 1.807) is 12.1 Å². The van der Waals surface area contributed by atoms with Crippen molar-refractivity contribution in [3.63, 3.8) is 0 Å². The third-order valence-corrected chi connectivity index (χ3v) is 2.69. The Kier molecular flexibility index (Phi) is 3.68. The van der Waals surface area contributed by atoms with Crippen molar-refractivity contribution in [2.45, 2.75) is 12.5 Å². The summed E-state index contributed by atoms with van der Waals surface area (Å²) in [6, 6.07) is 18.5. The van der Waals surface area contributed by atoms with E-state index in [1.807, 2.05) is 48.5 Å². The molecule has 2 nitrogen and oxygen atoms in total. The van der Waals surface area contributed by atoms with Gasteiger partial charge in [0.25, 0.3) is 0 Å². The average molecular weight is 225 g/mol. The largest absolute Gasteiger partial charge is 0.321 e. The number of hydrogen-bond donors (Lipinski definition) is 1. The zero-order chi connectivity index (χ0) is 12.1. The molecule has 0 unspecified atom stereocenters. The second kappa shape index (κ2) is 5.41. The zero-order valence-corrected chi connectivity index (χ0v) is 9.54. The molecule has 0 radical (unpaired) electrons. The normalized spacial score (nSPS) is 12.1. The summed E-state index contributed by atoms with van der Waals surface area (Å²) in [5, 5.41) is 0. The number of ketones is 1. The molecule has 0 aliphatic rings. The molecular formula is C15H15NO. The Morgan fingerprint density at radius 3 is 2.06 bits per heavy atom. The fraction of sp³-hybridized carbons (Fsp3) is 0.133. The summed E-state index contributed by atoms with van der Waals surface area (Å²) in [5.74, 6) is -0.00514. The van der Waals surface area contributed by atoms with E-state index in [0.29, 0.717) is 12.0 Å². The Balaban J connectivity index is 2.06. The standard InChI is InChI=1S/C15H15NO/c16-14(11-12-7-3-1-4-8-12)15(17)13-9-5-2-6-10-13/h1-10,14H,11,16H2/t14-/m1/s1. The molecule has 0 amide bonds. The summed E-state index contributed by atoms with van der Waals surface area (Å²) < 4.78 is 0. The molecule has 0 aromatic heterocycles. The fourth-order valence-corrected chi connectivity index (χ4v) is 1.78. The van der Waals surface area contributed by atoms with E-state index in [-0.39, 0.29) is 5.78 Å². The lowest BCUT2D eigenvalue weighted by atomic mass is 9.98. The fourth-order valence-electron chi connectivity index (χ4n) is 1.78. The van der Waals surface area contributed by atoms with Crippen molar-refractivity contribution in [1.29, 1.82) is 0 Å². The predicted octanol–water partition coefficient (Wildman–Crippen LogP) is 2.44. The van der Waals surface area contributed by atoms with Gasteiger partial charge in [-0.3, -0.25) is 4.79 Å². The van der Waals surface area contributed by atoms with Crippen molar-refractivity contribution in [2.24, 2.45) is 5.73 Å². The summed E-state index contributed by atoms with van der Waals surface area (Å²) in [6.45, 7) is 0. The molecule has 0 saturated heterocycles. The second-order valence-electron chi connectivity index (χ2n) is 4.03. The van der Waals surface area contributed by atoms with Gasteiger partial charge in [-0.15, -0.1) is 0 Å². The predicted molar refractivity (Wildman–Crippen MR) is 68.9 cm³/mol. The van der Waals surface area contributed by atoms with Crippen LogP contribution in [0.3, 0.4) is 0 Å². The molecule has 0 fully saturated rings. The molecule has 86 valence electrons. The Bertz CT molecular complexity index is 479. The van der Waals surface area contributed by atoms with Crippen molar-refractivity contribution in [3.8, 4) is 0 Å². The first kappa shape index (κ1) is 11.6. The number of carbonyl (C=O) groups is 1. The van der Waals surface area contributed by atoms with Crippen LogP contribution in [0.2, 0.25) is 0 Å². The smallest absolute Gasteiger partial charge is 0.179 e. The summed E-state index contributed by atoms with van der Waals surface area (Å²) in [4.78, 5) is 12.0. The monoisotopic (exact) mass is 225 g/mol. The van der Waals surface area contributed by atoms with Gasteiger partial charge >= 0.3 is 0 Å². The molecular weight excluding hydrogens is 210 g/mol. The van der Waals surface area contributed by atoms with Crippen molar-refractivity contribution in [3.05, 3.63) is 71.8 Å². The van der Waals surface area contributed by atoms with Crippen molar-refractivity contribution >= 4 is 5.78 Å². The molecule has 0 heterocycles. The quantitative estimate of drug-likeness (QED) is 0.812. The van der Waals surface area contributed by atoms with Crippen LogP contribution in [0.4, 0.5) is 0 Å². The second-order valence-corrected chi connectivity index (χ2v) is 4.03. The first-order valence-electron chi connectivity index (χ1n) is 5.66. The van der Waals surface area contributed by atoms with E-state index in [0.717, 1.165) is 5.56 Å². The van der Waals surface area contributed by atoms with E-state index in [2.05, 4.69) is 0 Å². The number of nitrogens with two attached hydrogens (primary N) is 1. The highest BCUT2D eigenvalue weighted by Gasteiger charge is 2.15. The van der Waals surface area contributed by atoms with Crippen LogP contribution in [0.15, 0.2) is 60.7 Å². The van der Waals surface area contributed by atoms with Crippen LogP contribution in [0.5, 0.6) is 0 Å². The van der Waals surface area contributed by atoms with E-state index in [4.69, 9.17) is 5.73 Å². The van der Waals surface area contributed by atoms with Crippen molar-refractivity contribution in [1.82, 2.24) is 0 Å². The Morgan fingerprint density at radius 2 is 1.47 bits per heavy atom. The van der Waals surface area contributed by atoms with Crippen LogP contribution in [0.25, 0.3) is 0 Å². The van der Waals surface area contributed by atoms with Crippen LogP contribution in [0.1, 0.15) is 15.9 Å². The topological polar surface area (TPSA) is 43.1 Å². The summed E-state index contributed by atoms with van der Waals surface area (Å²) in [6.07, 6.45) is 0.578. The molecule has 2 aromatic rings. The maximum Gasteiger partial charge on any atom is 0.179 e. The molecule has 1 atom stereocenters. The molecule has 2 aromatic carbocycles. The minimum absolute atomic E-state index is 0.00514. The third kappa shape index (κ3) is 3.02. The van der Waals surface area contributed by atoms with Gasteiger partial charge in [-0.1, -0.05) is 60.7 Å². The van der Waals surface area contributed by atoms with Gasteiger partial charge in [0.15, 0.2) is 5.78 Å². The first-order valence-corrected chi connectivity index (χ1v) is 5.66. The molecule has 2 N–H and O–H groups in total. The van der Waals surface area contributed by atoms with Crippen molar-refractivity contribution in [2.75, 3.05) is 0 Å². The molecule has 2 heteroatoms. The molecule has 0 aliphatic carbocycles. The van der Waals surface area contributed by atoms with Gasteiger partial charge in [0, 0.05) is 5.56 Å². The molecule has 0 aliphatic heterocycles. The summed E-state index contributed by atoms with van der Waals surface area (Å²) in [7, 11) is 0. The molecule has 0 spiro atoms. The lowest BCUT2D eigenvalue weighted by molar-refractivity contribution is 0.0961. The van der Waals surface area contributed by atoms with Crippen LogP contribution >= 0.6 is 0 Å². The number of rotatable bonds is 4. The van der Waals surface area contributed by atoms with Crippen molar-refractivity contribution < 1.29 is 4.79 Å². The number of hydrogen-bond acceptors (Lipinski definition) is 2. The van der Waals surface area contributed by atoms with Gasteiger partial charge in [0.05, 0.1) is 6.04 Å². The number of Topliss-reactive ketones (excluding diaryl/α,β-unsaturated/α-hetero) is 1. The number of benzene rings is 2. The summed E-state index contributed by atoms with van der Waals surface area (Å²) in [5.41, 5.74) is 7.70. The van der Waals surface area contributed by atoms with Crippen LogP contribution < -0.4 is 5.73 Å². The average Bonchev–Trinajstić information content (AvgIpc) is 2.40. The van der Waals surface area contributed by atoms with Gasteiger partial charge in [-0.05, 0) is 12.0 Å². The maximum atomic E-state index is 12.0. The summed E-state index contributed by atoms with van der Waals surface area (Å²) >= 11 is 0. The SMILES string of the molecule is N[C@H](Cc1ccccc1)C(=O)c1ccccc1. The zero-order valence-electron chi connectivity index (χ0n) is 9.54. The molecule has 0 bridgehead atoms. The minimum atomic E-state index is -0.472. The Hall–Kier alpha value is -1.93. The Morgan fingerprint density at radius 1 is 0.941 bits per heavy atom. The highest BCUT2D eigenvalue weighted by Crippen LogP contribution is 2.07. The minimum Gasteiger partial charge on any atom is -0.321 e. The highest BCUT2D eigenvalue weighted by atomic mass is 16.1. The lowest BCUT2D eigenvalue weighted by Crippen LogP contribution is -2.32. The number of carbonyl (C=O) groups excluding carboxylic acids is 1. The molecule has 0 saturated carbocycles. The van der Waals surface area contributed by atoms with Crippen LogP contribution in [0, 0.1) is 0 Å². The van der Waals surface area contributed by atoms with E-state index in [9.17, 15) is 4.79 Å². The highest BCUT2D eigenvalue weighted by molar-refractivity contribution is 6.00.